The number of rotatable bonds is 7. The van der Waals surface area contributed by atoms with E-state index in [0.29, 0.717) is 18.7 Å². The maximum atomic E-state index is 12.3. The molecule has 2 N–H and O–H groups in total. The minimum absolute atomic E-state index is 0.00852. The molecule has 3 rings (SSSR count). The third kappa shape index (κ3) is 6.61. The highest BCUT2D eigenvalue weighted by Crippen LogP contribution is 2.24. The Kier molecular flexibility index (Phi) is 7.14. The zero-order chi connectivity index (χ0) is 21.6. The summed E-state index contributed by atoms with van der Waals surface area (Å²) >= 11 is 1.71. The second kappa shape index (κ2) is 9.79. The van der Waals surface area contributed by atoms with Crippen molar-refractivity contribution in [1.82, 2.24) is 20.5 Å². The van der Waals surface area contributed by atoms with Crippen molar-refractivity contribution in [3.8, 4) is 5.88 Å². The predicted molar refractivity (Wildman–Crippen MR) is 104 cm³/mol. The van der Waals surface area contributed by atoms with Gasteiger partial charge in [-0.05, 0) is 29.0 Å². The summed E-state index contributed by atoms with van der Waals surface area (Å²) in [6, 6.07) is 4.41. The van der Waals surface area contributed by atoms with E-state index in [-0.39, 0.29) is 31.3 Å². The van der Waals surface area contributed by atoms with Gasteiger partial charge in [0.1, 0.15) is 0 Å². The number of pyridine rings is 1. The van der Waals surface area contributed by atoms with Crippen molar-refractivity contribution in [1.29, 1.82) is 0 Å². The van der Waals surface area contributed by atoms with Crippen molar-refractivity contribution in [3.63, 3.8) is 0 Å². The first kappa shape index (κ1) is 21.9. The van der Waals surface area contributed by atoms with Gasteiger partial charge >= 0.3 is 12.2 Å². The fraction of sp³-hybridized carbons (Fsp3) is 0.421. The average molecular weight is 442 g/mol. The fourth-order valence-electron chi connectivity index (χ4n) is 2.90. The SMILES string of the molecule is O=C(NCCC(=O)N1CCc2sccc2C1)NCc1ccc(OCC(F)(F)F)nc1. The van der Waals surface area contributed by atoms with Gasteiger partial charge in [0.05, 0.1) is 0 Å². The molecule has 0 fully saturated rings. The van der Waals surface area contributed by atoms with E-state index < -0.39 is 18.8 Å². The lowest BCUT2D eigenvalue weighted by Gasteiger charge is -2.27. The molecule has 2 aromatic heterocycles. The van der Waals surface area contributed by atoms with Gasteiger partial charge in [0, 0.05) is 49.7 Å². The van der Waals surface area contributed by atoms with Crippen LogP contribution in [0.3, 0.4) is 0 Å². The summed E-state index contributed by atoms with van der Waals surface area (Å²) in [5.41, 5.74) is 1.79. The number of aromatic nitrogens is 1. The van der Waals surface area contributed by atoms with Crippen LogP contribution in [0.4, 0.5) is 18.0 Å². The van der Waals surface area contributed by atoms with Crippen molar-refractivity contribution in [2.24, 2.45) is 0 Å². The second-order valence-electron chi connectivity index (χ2n) is 6.70. The Hall–Kier alpha value is -2.82. The zero-order valence-corrected chi connectivity index (χ0v) is 16.8. The second-order valence-corrected chi connectivity index (χ2v) is 7.70. The molecule has 0 aliphatic carbocycles. The molecule has 3 amide bonds. The lowest BCUT2D eigenvalue weighted by atomic mass is 10.1. The fourth-order valence-corrected chi connectivity index (χ4v) is 3.79. The highest BCUT2D eigenvalue weighted by atomic mass is 32.1. The molecule has 0 unspecified atom stereocenters. The Balaban J connectivity index is 1.33. The zero-order valence-electron chi connectivity index (χ0n) is 16.0. The van der Waals surface area contributed by atoms with Crippen LogP contribution < -0.4 is 15.4 Å². The maximum absolute atomic E-state index is 12.3. The normalized spacial score (nSPS) is 13.5. The molecule has 30 heavy (non-hydrogen) atoms. The molecule has 2 aromatic rings. The molecule has 7 nitrogen and oxygen atoms in total. The van der Waals surface area contributed by atoms with E-state index in [1.807, 2.05) is 11.4 Å². The first-order valence-electron chi connectivity index (χ1n) is 9.29. The highest BCUT2D eigenvalue weighted by Gasteiger charge is 2.28. The Morgan fingerprint density at radius 3 is 2.80 bits per heavy atom. The lowest BCUT2D eigenvalue weighted by Crippen LogP contribution is -2.40. The molecule has 1 aliphatic heterocycles. The number of nitrogens with one attached hydrogen (secondary N) is 2. The monoisotopic (exact) mass is 442 g/mol. The number of hydrogen-bond acceptors (Lipinski definition) is 5. The van der Waals surface area contributed by atoms with Crippen molar-refractivity contribution in [2.45, 2.75) is 32.1 Å². The van der Waals surface area contributed by atoms with Gasteiger partial charge < -0.3 is 20.3 Å². The lowest BCUT2D eigenvalue weighted by molar-refractivity contribution is -0.154. The first-order valence-corrected chi connectivity index (χ1v) is 10.2. The van der Waals surface area contributed by atoms with Crippen LogP contribution in [-0.4, -0.2) is 47.7 Å². The van der Waals surface area contributed by atoms with Crippen LogP contribution in [0.2, 0.25) is 0 Å². The first-order chi connectivity index (χ1) is 14.3. The molecule has 0 spiro atoms. The number of hydrogen-bond donors (Lipinski definition) is 2. The van der Waals surface area contributed by atoms with Crippen LogP contribution in [-0.2, 0) is 24.3 Å². The molecule has 11 heteroatoms. The Labute approximate surface area is 175 Å². The van der Waals surface area contributed by atoms with E-state index in [1.54, 1.807) is 16.2 Å². The van der Waals surface area contributed by atoms with Crippen molar-refractivity contribution in [2.75, 3.05) is 19.7 Å². The largest absolute Gasteiger partial charge is 0.468 e. The van der Waals surface area contributed by atoms with Crippen LogP contribution in [0.5, 0.6) is 5.88 Å². The summed E-state index contributed by atoms with van der Waals surface area (Å²) in [5.74, 6) is -0.155. The van der Waals surface area contributed by atoms with E-state index in [2.05, 4.69) is 20.4 Å². The molecular formula is C19H21F3N4O3S. The van der Waals surface area contributed by atoms with Crippen LogP contribution >= 0.6 is 11.3 Å². The molecule has 162 valence electrons. The third-order valence-electron chi connectivity index (χ3n) is 4.42. The van der Waals surface area contributed by atoms with Crippen LogP contribution in [0.15, 0.2) is 29.8 Å². The highest BCUT2D eigenvalue weighted by molar-refractivity contribution is 7.10. The molecule has 1 aliphatic rings. The van der Waals surface area contributed by atoms with Gasteiger partial charge in [0.25, 0.3) is 0 Å². The predicted octanol–water partition coefficient (Wildman–Crippen LogP) is 2.86. The molecular weight excluding hydrogens is 421 g/mol. The number of carbonyl (C=O) groups is 2. The average Bonchev–Trinajstić information content (AvgIpc) is 3.18. The minimum Gasteiger partial charge on any atom is -0.468 e. The van der Waals surface area contributed by atoms with E-state index >= 15 is 0 Å². The van der Waals surface area contributed by atoms with E-state index in [9.17, 15) is 22.8 Å². The quantitative estimate of drug-likeness (QED) is 0.691. The van der Waals surface area contributed by atoms with Gasteiger partial charge in [-0.25, -0.2) is 9.78 Å². The van der Waals surface area contributed by atoms with E-state index in [4.69, 9.17) is 0 Å². The summed E-state index contributed by atoms with van der Waals surface area (Å²) in [4.78, 5) is 31.1. The standard InChI is InChI=1S/C19H21F3N4O3S/c20-19(21,22)12-29-16-2-1-13(9-24-16)10-25-18(28)23-6-3-17(27)26-7-4-15-14(11-26)5-8-30-15/h1-2,5,8-9H,3-4,6-7,10-12H2,(H2,23,25,28). The molecule has 0 aromatic carbocycles. The van der Waals surface area contributed by atoms with E-state index in [0.717, 1.165) is 6.42 Å². The number of nitrogens with zero attached hydrogens (tertiary/aromatic N) is 2. The molecule has 0 saturated heterocycles. The van der Waals surface area contributed by atoms with Gasteiger partial charge in [-0.2, -0.15) is 13.2 Å². The number of thiophene rings is 1. The molecule has 0 bridgehead atoms. The Bertz CT molecular complexity index is 871. The summed E-state index contributed by atoms with van der Waals surface area (Å²) in [6.45, 7) is 0.234. The number of urea groups is 1. The number of carbonyl (C=O) groups excluding carboxylic acids is 2. The number of alkyl halides is 3. The Morgan fingerprint density at radius 1 is 1.23 bits per heavy atom. The van der Waals surface area contributed by atoms with Crippen LogP contribution in [0.25, 0.3) is 0 Å². The van der Waals surface area contributed by atoms with Gasteiger partial charge in [-0.15, -0.1) is 11.3 Å². The van der Waals surface area contributed by atoms with Crippen LogP contribution in [0.1, 0.15) is 22.4 Å². The third-order valence-corrected chi connectivity index (χ3v) is 5.44. The van der Waals surface area contributed by atoms with Gasteiger partial charge in [-0.1, -0.05) is 6.07 Å². The number of ether oxygens (including phenoxy) is 1. The topological polar surface area (TPSA) is 83.6 Å². The molecule has 0 radical (unpaired) electrons. The summed E-state index contributed by atoms with van der Waals surface area (Å²) < 4.78 is 40.8. The van der Waals surface area contributed by atoms with Crippen molar-refractivity contribution >= 4 is 23.3 Å². The molecule has 0 atom stereocenters. The smallest absolute Gasteiger partial charge is 0.422 e. The Morgan fingerprint density at radius 2 is 2.07 bits per heavy atom. The molecule has 0 saturated carbocycles. The summed E-state index contributed by atoms with van der Waals surface area (Å²) in [7, 11) is 0. The number of fused-ring (bicyclic) bond motifs is 1. The van der Waals surface area contributed by atoms with Gasteiger partial charge in [-0.3, -0.25) is 4.79 Å². The van der Waals surface area contributed by atoms with Crippen molar-refractivity contribution < 1.29 is 27.5 Å². The summed E-state index contributed by atoms with van der Waals surface area (Å²) in [6.07, 6.45) is -2.03. The van der Waals surface area contributed by atoms with Crippen molar-refractivity contribution in [3.05, 3.63) is 45.8 Å². The number of halogens is 3. The number of amides is 3. The maximum Gasteiger partial charge on any atom is 0.422 e. The van der Waals surface area contributed by atoms with E-state index in [1.165, 1.54) is 28.8 Å². The minimum atomic E-state index is -4.43. The molecule has 3 heterocycles. The van der Waals surface area contributed by atoms with Crippen LogP contribution in [0, 0.1) is 0 Å². The van der Waals surface area contributed by atoms with Gasteiger partial charge in [0.15, 0.2) is 6.61 Å². The van der Waals surface area contributed by atoms with Gasteiger partial charge in [0.2, 0.25) is 11.8 Å². The summed E-state index contributed by atoms with van der Waals surface area (Å²) in [5, 5.41) is 7.25.